The fourth-order valence-electron chi connectivity index (χ4n) is 1.45. The Labute approximate surface area is 70.1 Å². The van der Waals surface area contributed by atoms with Crippen molar-refractivity contribution in [3.05, 3.63) is 18.5 Å². The minimum atomic E-state index is 0.736. The molecule has 0 saturated carbocycles. The zero-order valence-corrected chi connectivity index (χ0v) is 7.11. The van der Waals surface area contributed by atoms with Gasteiger partial charge >= 0.3 is 0 Å². The summed E-state index contributed by atoms with van der Waals surface area (Å²) in [5.74, 6) is 0. The van der Waals surface area contributed by atoms with Crippen LogP contribution in [-0.4, -0.2) is 16.4 Å². The molecule has 64 valence electrons. The summed E-state index contributed by atoms with van der Waals surface area (Å²) in [5.41, 5.74) is 8.52. The molecule has 0 aliphatic heterocycles. The number of aromatic nitrogens is 2. The van der Waals surface area contributed by atoms with Gasteiger partial charge in [-0.15, -0.1) is 0 Å². The molecule has 2 N–H and O–H groups in total. The summed E-state index contributed by atoms with van der Waals surface area (Å²) in [7, 11) is 3.57. The maximum atomic E-state index is 5.78. The van der Waals surface area contributed by atoms with Crippen molar-refractivity contribution in [2.24, 2.45) is 7.05 Å². The number of rotatable bonds is 1. The second-order valence-corrected chi connectivity index (χ2v) is 2.75. The summed E-state index contributed by atoms with van der Waals surface area (Å²) >= 11 is 0. The minimum Gasteiger partial charge on any atom is -0.417 e. The quantitative estimate of drug-likeness (QED) is 0.673. The molecule has 4 heteroatoms. The van der Waals surface area contributed by atoms with Gasteiger partial charge in [-0.2, -0.15) is 4.73 Å². The molecule has 0 aromatic carbocycles. The second-order valence-electron chi connectivity index (χ2n) is 2.75. The molecule has 0 spiro atoms. The maximum Gasteiger partial charge on any atom is 0.107 e. The molecule has 0 saturated heterocycles. The first kappa shape index (κ1) is 7.09. The highest BCUT2D eigenvalue weighted by atomic mass is 16.6. The van der Waals surface area contributed by atoms with Crippen molar-refractivity contribution in [3.8, 4) is 0 Å². The molecule has 0 fully saturated rings. The number of anilines is 1. The molecule has 2 aromatic rings. The predicted octanol–water partition coefficient (Wildman–Crippen LogP) is 0.620. The van der Waals surface area contributed by atoms with Crippen molar-refractivity contribution in [1.82, 2.24) is 9.30 Å². The van der Waals surface area contributed by atoms with Crippen molar-refractivity contribution < 1.29 is 4.84 Å². The molecule has 0 unspecified atom stereocenters. The van der Waals surface area contributed by atoms with E-state index in [1.54, 1.807) is 18.0 Å². The molecule has 0 amide bonds. The Morgan fingerprint density at radius 3 is 2.92 bits per heavy atom. The second kappa shape index (κ2) is 2.20. The van der Waals surface area contributed by atoms with Crippen LogP contribution in [0.2, 0.25) is 0 Å². The van der Waals surface area contributed by atoms with Gasteiger partial charge in [0.15, 0.2) is 0 Å². The molecule has 0 aliphatic carbocycles. The molecule has 0 aliphatic rings. The zero-order chi connectivity index (χ0) is 8.72. The van der Waals surface area contributed by atoms with Crippen molar-refractivity contribution in [3.63, 3.8) is 0 Å². The standard InChI is InChI=1S/C8H11N3O/c1-10-4-3-7-8(10)6(9)5-11(7)12-2/h3-5H,9H2,1-2H3. The van der Waals surface area contributed by atoms with Crippen molar-refractivity contribution >= 4 is 16.7 Å². The third-order valence-corrected chi connectivity index (χ3v) is 2.02. The number of nitrogens with two attached hydrogens (primary N) is 1. The van der Waals surface area contributed by atoms with E-state index < -0.39 is 0 Å². The first-order valence-electron chi connectivity index (χ1n) is 3.70. The average molecular weight is 165 g/mol. The van der Waals surface area contributed by atoms with E-state index in [0.717, 1.165) is 16.7 Å². The number of fused-ring (bicyclic) bond motifs is 1. The van der Waals surface area contributed by atoms with Crippen LogP contribution in [0.25, 0.3) is 11.0 Å². The third kappa shape index (κ3) is 0.717. The molecule has 2 heterocycles. The van der Waals surface area contributed by atoms with E-state index in [1.807, 2.05) is 23.9 Å². The lowest BCUT2D eigenvalue weighted by Gasteiger charge is -1.97. The van der Waals surface area contributed by atoms with E-state index in [4.69, 9.17) is 10.6 Å². The largest absolute Gasteiger partial charge is 0.417 e. The lowest BCUT2D eigenvalue weighted by molar-refractivity contribution is 0.179. The van der Waals surface area contributed by atoms with Gasteiger partial charge in [-0.05, 0) is 6.07 Å². The zero-order valence-electron chi connectivity index (χ0n) is 7.11. The topological polar surface area (TPSA) is 45.1 Å². The van der Waals surface area contributed by atoms with Crippen molar-refractivity contribution in [2.75, 3.05) is 12.8 Å². The van der Waals surface area contributed by atoms with Crippen LogP contribution in [-0.2, 0) is 7.05 Å². The normalized spacial score (nSPS) is 10.8. The van der Waals surface area contributed by atoms with E-state index in [1.165, 1.54) is 0 Å². The Hall–Kier alpha value is -1.58. The monoisotopic (exact) mass is 165 g/mol. The lowest BCUT2D eigenvalue weighted by atomic mass is 10.4. The van der Waals surface area contributed by atoms with Crippen molar-refractivity contribution in [2.45, 2.75) is 0 Å². The highest BCUT2D eigenvalue weighted by Crippen LogP contribution is 2.22. The van der Waals surface area contributed by atoms with E-state index in [-0.39, 0.29) is 0 Å². The summed E-state index contributed by atoms with van der Waals surface area (Å²) in [4.78, 5) is 5.08. The maximum absolute atomic E-state index is 5.78. The summed E-state index contributed by atoms with van der Waals surface area (Å²) in [6.45, 7) is 0. The molecule has 2 aromatic heterocycles. The smallest absolute Gasteiger partial charge is 0.107 e. The van der Waals surface area contributed by atoms with Gasteiger partial charge in [-0.25, -0.2) is 0 Å². The first-order valence-corrected chi connectivity index (χ1v) is 3.70. The highest BCUT2D eigenvalue weighted by molar-refractivity contribution is 5.89. The van der Waals surface area contributed by atoms with E-state index >= 15 is 0 Å². The van der Waals surface area contributed by atoms with Crippen LogP contribution < -0.4 is 10.6 Å². The molecule has 2 rings (SSSR count). The van der Waals surface area contributed by atoms with Crippen LogP contribution in [0.3, 0.4) is 0 Å². The fourth-order valence-corrected chi connectivity index (χ4v) is 1.45. The molecule has 0 radical (unpaired) electrons. The number of nitrogens with zero attached hydrogens (tertiary/aromatic N) is 2. The van der Waals surface area contributed by atoms with Gasteiger partial charge in [0.1, 0.15) is 12.6 Å². The van der Waals surface area contributed by atoms with Gasteiger partial charge in [-0.3, -0.25) is 0 Å². The van der Waals surface area contributed by atoms with Crippen molar-refractivity contribution in [1.29, 1.82) is 0 Å². The third-order valence-electron chi connectivity index (χ3n) is 2.02. The van der Waals surface area contributed by atoms with Crippen LogP contribution in [0.15, 0.2) is 18.5 Å². The van der Waals surface area contributed by atoms with E-state index in [2.05, 4.69) is 0 Å². The minimum absolute atomic E-state index is 0.736. The number of nitrogen functional groups attached to an aromatic ring is 1. The van der Waals surface area contributed by atoms with Gasteiger partial charge in [0, 0.05) is 13.2 Å². The Balaban J connectivity index is 2.84. The van der Waals surface area contributed by atoms with Crippen LogP contribution in [0.5, 0.6) is 0 Å². The predicted molar refractivity (Wildman–Crippen MR) is 47.8 cm³/mol. The Bertz CT molecular complexity index is 413. The van der Waals surface area contributed by atoms with Crippen LogP contribution >= 0.6 is 0 Å². The highest BCUT2D eigenvalue weighted by Gasteiger charge is 2.08. The number of aryl methyl sites for hydroxylation is 1. The lowest BCUT2D eigenvalue weighted by Crippen LogP contribution is -2.02. The number of hydrogen-bond donors (Lipinski definition) is 1. The van der Waals surface area contributed by atoms with Crippen LogP contribution in [0.4, 0.5) is 5.69 Å². The fraction of sp³-hybridized carbons (Fsp3) is 0.250. The van der Waals surface area contributed by atoms with Gasteiger partial charge in [0.2, 0.25) is 0 Å². The molecule has 12 heavy (non-hydrogen) atoms. The molecule has 0 bridgehead atoms. The summed E-state index contributed by atoms with van der Waals surface area (Å²) in [5, 5.41) is 0. The Morgan fingerprint density at radius 2 is 2.25 bits per heavy atom. The van der Waals surface area contributed by atoms with Gasteiger partial charge in [0.25, 0.3) is 0 Å². The van der Waals surface area contributed by atoms with E-state index in [9.17, 15) is 0 Å². The van der Waals surface area contributed by atoms with Crippen LogP contribution in [0, 0.1) is 0 Å². The molecule has 4 nitrogen and oxygen atoms in total. The number of hydrogen-bond acceptors (Lipinski definition) is 2. The summed E-state index contributed by atoms with van der Waals surface area (Å²) in [6, 6.07) is 1.97. The van der Waals surface area contributed by atoms with E-state index in [0.29, 0.717) is 0 Å². The van der Waals surface area contributed by atoms with Gasteiger partial charge in [-0.1, -0.05) is 0 Å². The average Bonchev–Trinajstić information content (AvgIpc) is 2.55. The molecular formula is C8H11N3O. The van der Waals surface area contributed by atoms with Crippen LogP contribution in [0.1, 0.15) is 0 Å². The Kier molecular flexibility index (Phi) is 1.30. The SMILES string of the molecule is COn1cc(N)c2c1ccn2C. The first-order chi connectivity index (χ1) is 5.74. The Morgan fingerprint density at radius 1 is 1.50 bits per heavy atom. The van der Waals surface area contributed by atoms with Gasteiger partial charge in [0.05, 0.1) is 17.4 Å². The molecule has 0 atom stereocenters. The molecular weight excluding hydrogens is 154 g/mol. The van der Waals surface area contributed by atoms with Gasteiger partial charge < -0.3 is 15.1 Å². The summed E-state index contributed by atoms with van der Waals surface area (Å²) < 4.78 is 3.63. The summed E-state index contributed by atoms with van der Waals surface area (Å²) in [6.07, 6.45) is 3.72.